The first-order valence-electron chi connectivity index (χ1n) is 6.11. The Morgan fingerprint density at radius 3 is 2.88 bits per heavy atom. The molecule has 0 amide bonds. The highest BCUT2D eigenvalue weighted by Gasteiger charge is 2.44. The van der Waals surface area contributed by atoms with Crippen LogP contribution >= 0.6 is 0 Å². The molecule has 0 radical (unpaired) electrons. The fourth-order valence-corrected chi connectivity index (χ4v) is 2.52. The Balaban J connectivity index is 2.19. The van der Waals surface area contributed by atoms with Gasteiger partial charge in [-0.15, -0.1) is 0 Å². The number of aromatic nitrogens is 2. The van der Waals surface area contributed by atoms with Crippen LogP contribution in [0.15, 0.2) is 12.5 Å². The standard InChI is InChI=1S/C12H21N3O/c1-2-6-15-9-14-7-10(15)11(16)12(8-13)4-3-5-12/h7,9,11,16H,2-6,8,13H2,1H3. The molecule has 0 aromatic carbocycles. The molecule has 1 atom stereocenters. The maximum Gasteiger partial charge on any atom is 0.102 e. The Bertz CT molecular complexity index is 338. The number of aliphatic hydroxyl groups is 1. The number of hydrogen-bond donors (Lipinski definition) is 2. The van der Waals surface area contributed by atoms with Crippen LogP contribution in [0.1, 0.15) is 44.4 Å². The van der Waals surface area contributed by atoms with Crippen molar-refractivity contribution in [2.45, 2.75) is 45.3 Å². The quantitative estimate of drug-likeness (QED) is 0.794. The molecule has 0 spiro atoms. The fourth-order valence-electron chi connectivity index (χ4n) is 2.52. The van der Waals surface area contributed by atoms with Gasteiger partial charge in [0, 0.05) is 18.5 Å². The third-order valence-corrected chi connectivity index (χ3v) is 3.83. The molecule has 2 rings (SSSR count). The van der Waals surface area contributed by atoms with E-state index < -0.39 is 6.10 Å². The minimum absolute atomic E-state index is 0.0917. The van der Waals surface area contributed by atoms with E-state index in [-0.39, 0.29) is 5.41 Å². The van der Waals surface area contributed by atoms with E-state index in [1.807, 2.05) is 4.57 Å². The first kappa shape index (κ1) is 11.6. The molecule has 1 fully saturated rings. The van der Waals surface area contributed by atoms with Crippen molar-refractivity contribution >= 4 is 0 Å². The van der Waals surface area contributed by atoms with E-state index in [0.29, 0.717) is 6.54 Å². The normalized spacial score (nSPS) is 20.4. The molecule has 0 bridgehead atoms. The third kappa shape index (κ3) is 1.76. The molecule has 3 N–H and O–H groups in total. The Morgan fingerprint density at radius 2 is 2.38 bits per heavy atom. The van der Waals surface area contributed by atoms with Crippen LogP contribution in [0.5, 0.6) is 0 Å². The van der Waals surface area contributed by atoms with Gasteiger partial charge in [-0.1, -0.05) is 13.3 Å². The molecule has 1 aromatic heterocycles. The summed E-state index contributed by atoms with van der Waals surface area (Å²) in [6.07, 6.45) is 7.40. The predicted molar refractivity (Wildman–Crippen MR) is 62.8 cm³/mol. The molecule has 1 aliphatic rings. The van der Waals surface area contributed by atoms with E-state index in [4.69, 9.17) is 5.73 Å². The van der Waals surface area contributed by atoms with Gasteiger partial charge in [-0.05, 0) is 19.3 Å². The zero-order valence-electron chi connectivity index (χ0n) is 9.89. The van der Waals surface area contributed by atoms with Crippen LogP contribution in [-0.4, -0.2) is 21.2 Å². The van der Waals surface area contributed by atoms with Crippen LogP contribution in [0.2, 0.25) is 0 Å². The Hall–Kier alpha value is -0.870. The van der Waals surface area contributed by atoms with Crippen LogP contribution in [0.3, 0.4) is 0 Å². The van der Waals surface area contributed by atoms with Crippen molar-refractivity contribution in [1.82, 2.24) is 9.55 Å². The molecule has 1 saturated carbocycles. The van der Waals surface area contributed by atoms with Gasteiger partial charge < -0.3 is 15.4 Å². The zero-order valence-corrected chi connectivity index (χ0v) is 9.89. The second-order valence-electron chi connectivity index (χ2n) is 4.83. The zero-order chi connectivity index (χ0) is 11.6. The number of hydrogen-bond acceptors (Lipinski definition) is 3. The van der Waals surface area contributed by atoms with Gasteiger partial charge in [0.15, 0.2) is 0 Å². The summed E-state index contributed by atoms with van der Waals surface area (Å²) in [6, 6.07) is 0. The SMILES string of the molecule is CCCn1cncc1C(O)C1(CN)CCC1. The fraction of sp³-hybridized carbons (Fsp3) is 0.750. The van der Waals surface area contributed by atoms with Crippen molar-refractivity contribution in [2.75, 3.05) is 6.54 Å². The first-order valence-corrected chi connectivity index (χ1v) is 6.11. The minimum atomic E-state index is -0.458. The summed E-state index contributed by atoms with van der Waals surface area (Å²) in [5.41, 5.74) is 6.64. The highest BCUT2D eigenvalue weighted by Crippen LogP contribution is 2.49. The van der Waals surface area contributed by atoms with Gasteiger partial charge in [0.05, 0.1) is 18.2 Å². The number of aryl methyl sites for hydroxylation is 1. The molecule has 16 heavy (non-hydrogen) atoms. The predicted octanol–water partition coefficient (Wildman–Crippen LogP) is 1.46. The average molecular weight is 223 g/mol. The van der Waals surface area contributed by atoms with E-state index in [9.17, 15) is 5.11 Å². The number of aliphatic hydroxyl groups excluding tert-OH is 1. The van der Waals surface area contributed by atoms with Gasteiger partial charge in [0.1, 0.15) is 6.10 Å². The molecule has 1 aromatic rings. The molecular formula is C12H21N3O. The molecular weight excluding hydrogens is 202 g/mol. The van der Waals surface area contributed by atoms with Crippen molar-refractivity contribution in [1.29, 1.82) is 0 Å². The van der Waals surface area contributed by atoms with Crippen molar-refractivity contribution in [3.63, 3.8) is 0 Å². The third-order valence-electron chi connectivity index (χ3n) is 3.83. The number of nitrogens with two attached hydrogens (primary N) is 1. The minimum Gasteiger partial charge on any atom is -0.386 e. The number of rotatable bonds is 5. The van der Waals surface area contributed by atoms with Crippen LogP contribution in [-0.2, 0) is 6.54 Å². The molecule has 1 unspecified atom stereocenters. The Labute approximate surface area is 96.5 Å². The summed E-state index contributed by atoms with van der Waals surface area (Å²) in [7, 11) is 0. The largest absolute Gasteiger partial charge is 0.386 e. The highest BCUT2D eigenvalue weighted by molar-refractivity contribution is 5.11. The van der Waals surface area contributed by atoms with Gasteiger partial charge in [-0.25, -0.2) is 4.98 Å². The Kier molecular flexibility index (Phi) is 3.30. The van der Waals surface area contributed by atoms with Crippen LogP contribution < -0.4 is 5.73 Å². The van der Waals surface area contributed by atoms with Crippen LogP contribution in [0, 0.1) is 5.41 Å². The number of imidazole rings is 1. The van der Waals surface area contributed by atoms with Gasteiger partial charge >= 0.3 is 0 Å². The molecule has 4 heteroatoms. The highest BCUT2D eigenvalue weighted by atomic mass is 16.3. The topological polar surface area (TPSA) is 64.1 Å². The van der Waals surface area contributed by atoms with Crippen molar-refractivity contribution in [3.8, 4) is 0 Å². The smallest absolute Gasteiger partial charge is 0.102 e. The lowest BCUT2D eigenvalue weighted by Gasteiger charge is -2.44. The summed E-state index contributed by atoms with van der Waals surface area (Å²) in [5, 5.41) is 10.4. The molecule has 4 nitrogen and oxygen atoms in total. The van der Waals surface area contributed by atoms with Gasteiger partial charge in [0.2, 0.25) is 0 Å². The Morgan fingerprint density at radius 1 is 1.62 bits per heavy atom. The number of nitrogens with zero attached hydrogens (tertiary/aromatic N) is 2. The molecule has 0 aliphatic heterocycles. The van der Waals surface area contributed by atoms with Crippen molar-refractivity contribution in [2.24, 2.45) is 11.1 Å². The maximum atomic E-state index is 10.4. The first-order chi connectivity index (χ1) is 7.73. The van der Waals surface area contributed by atoms with E-state index >= 15 is 0 Å². The van der Waals surface area contributed by atoms with E-state index in [1.54, 1.807) is 12.5 Å². The molecule has 1 aliphatic carbocycles. The molecule has 0 saturated heterocycles. The monoisotopic (exact) mass is 223 g/mol. The lowest BCUT2D eigenvalue weighted by molar-refractivity contribution is -0.0342. The lowest BCUT2D eigenvalue weighted by Crippen LogP contribution is -2.43. The van der Waals surface area contributed by atoms with Crippen molar-refractivity contribution < 1.29 is 5.11 Å². The maximum absolute atomic E-state index is 10.4. The summed E-state index contributed by atoms with van der Waals surface area (Å²) < 4.78 is 2.04. The second kappa shape index (κ2) is 4.55. The summed E-state index contributed by atoms with van der Waals surface area (Å²) in [4.78, 5) is 4.13. The van der Waals surface area contributed by atoms with E-state index in [1.165, 1.54) is 6.42 Å². The summed E-state index contributed by atoms with van der Waals surface area (Å²) in [6.45, 7) is 3.59. The van der Waals surface area contributed by atoms with E-state index in [2.05, 4.69) is 11.9 Å². The van der Waals surface area contributed by atoms with Gasteiger partial charge in [0.25, 0.3) is 0 Å². The van der Waals surface area contributed by atoms with E-state index in [0.717, 1.165) is 31.5 Å². The molecule has 90 valence electrons. The van der Waals surface area contributed by atoms with Gasteiger partial charge in [-0.2, -0.15) is 0 Å². The summed E-state index contributed by atoms with van der Waals surface area (Å²) >= 11 is 0. The van der Waals surface area contributed by atoms with Crippen molar-refractivity contribution in [3.05, 3.63) is 18.2 Å². The molecule has 1 heterocycles. The second-order valence-corrected chi connectivity index (χ2v) is 4.83. The lowest BCUT2D eigenvalue weighted by atomic mass is 9.64. The van der Waals surface area contributed by atoms with Crippen LogP contribution in [0.25, 0.3) is 0 Å². The summed E-state index contributed by atoms with van der Waals surface area (Å²) in [5.74, 6) is 0. The van der Waals surface area contributed by atoms with Gasteiger partial charge in [-0.3, -0.25) is 0 Å². The van der Waals surface area contributed by atoms with Crippen LogP contribution in [0.4, 0.5) is 0 Å². The average Bonchev–Trinajstić information content (AvgIpc) is 2.65.